The molecule has 0 saturated carbocycles. The van der Waals surface area contributed by atoms with Gasteiger partial charge in [-0.25, -0.2) is 0 Å². The monoisotopic (exact) mass is 257 g/mol. The van der Waals surface area contributed by atoms with Crippen LogP contribution in [-0.4, -0.2) is 23.6 Å². The molecule has 15 heavy (non-hydrogen) atoms. The number of alkyl halides is 3. The zero-order chi connectivity index (χ0) is 11.6. The molecule has 0 radical (unpaired) electrons. The zero-order valence-corrected chi connectivity index (χ0v) is 11.2. The van der Waals surface area contributed by atoms with Crippen molar-refractivity contribution in [3.05, 3.63) is 5.32 Å². The van der Waals surface area contributed by atoms with Gasteiger partial charge in [0.25, 0.3) is 0 Å². The summed E-state index contributed by atoms with van der Waals surface area (Å²) in [6.45, 7) is 7.92. The summed E-state index contributed by atoms with van der Waals surface area (Å²) >= 11 is 0. The summed E-state index contributed by atoms with van der Waals surface area (Å²) in [5.74, 6) is 0.183. The first-order chi connectivity index (χ1) is 6.02. The second kappa shape index (κ2) is 5.90. The standard InChI is InChI=1S/C9H16F3N2.Ti/c1-6(9(10,11)12)13-7(2)14-8(3,4)5;/h6H,1-5H3;/q-1;. The molecule has 88 valence electrons. The fourth-order valence-electron chi connectivity index (χ4n) is 0.868. The minimum atomic E-state index is -4.28. The van der Waals surface area contributed by atoms with E-state index >= 15 is 0 Å². The first-order valence-corrected chi connectivity index (χ1v) is 4.36. The number of nitrogens with zero attached hydrogens (tertiary/aromatic N) is 2. The molecule has 0 saturated heterocycles. The van der Waals surface area contributed by atoms with Crippen molar-refractivity contribution in [2.75, 3.05) is 0 Å². The van der Waals surface area contributed by atoms with E-state index in [-0.39, 0.29) is 33.1 Å². The molecule has 0 fully saturated rings. The molecule has 0 N–H and O–H groups in total. The molecule has 1 unspecified atom stereocenters. The molecule has 0 aromatic heterocycles. The van der Waals surface area contributed by atoms with Crippen molar-refractivity contribution < 1.29 is 34.9 Å². The van der Waals surface area contributed by atoms with Crippen LogP contribution in [0.1, 0.15) is 34.6 Å². The number of hydrogen-bond donors (Lipinski definition) is 0. The maximum atomic E-state index is 12.1. The van der Waals surface area contributed by atoms with E-state index in [1.807, 2.05) is 20.8 Å². The summed E-state index contributed by atoms with van der Waals surface area (Å²) in [5.41, 5.74) is -0.390. The van der Waals surface area contributed by atoms with Crippen LogP contribution in [0.25, 0.3) is 5.32 Å². The van der Waals surface area contributed by atoms with E-state index in [2.05, 4.69) is 10.3 Å². The van der Waals surface area contributed by atoms with E-state index in [4.69, 9.17) is 0 Å². The maximum Gasteiger partial charge on any atom is 0.390 e. The maximum absolute atomic E-state index is 12.1. The second-order valence-electron chi connectivity index (χ2n) is 4.18. The molecule has 0 aliphatic carbocycles. The van der Waals surface area contributed by atoms with Crippen LogP contribution in [0.4, 0.5) is 13.2 Å². The minimum Gasteiger partial charge on any atom is -0.464 e. The van der Waals surface area contributed by atoms with Gasteiger partial charge in [-0.1, -0.05) is 33.5 Å². The summed E-state index contributed by atoms with van der Waals surface area (Å²) in [4.78, 5) is 4.01. The van der Waals surface area contributed by atoms with Gasteiger partial charge in [-0.3, -0.25) is 0 Å². The smallest absolute Gasteiger partial charge is 0.390 e. The van der Waals surface area contributed by atoms with E-state index in [1.165, 1.54) is 6.92 Å². The summed E-state index contributed by atoms with van der Waals surface area (Å²) in [6.07, 6.45) is -4.28. The van der Waals surface area contributed by atoms with Gasteiger partial charge in [0.15, 0.2) is 0 Å². The van der Waals surface area contributed by atoms with Crippen LogP contribution in [0.2, 0.25) is 0 Å². The number of amidine groups is 1. The van der Waals surface area contributed by atoms with Crippen molar-refractivity contribution >= 4 is 5.84 Å². The molecule has 2 nitrogen and oxygen atoms in total. The first kappa shape index (κ1) is 17.4. The van der Waals surface area contributed by atoms with E-state index in [0.717, 1.165) is 6.92 Å². The Bertz CT molecular complexity index is 218. The van der Waals surface area contributed by atoms with Crippen molar-refractivity contribution in [3.8, 4) is 0 Å². The first-order valence-electron chi connectivity index (χ1n) is 4.36. The van der Waals surface area contributed by atoms with Gasteiger partial charge < -0.3 is 10.3 Å². The van der Waals surface area contributed by atoms with Gasteiger partial charge >= 0.3 is 6.18 Å². The molecule has 0 heterocycles. The minimum absolute atomic E-state index is 0. The quantitative estimate of drug-likeness (QED) is 0.390. The number of halogens is 3. The summed E-state index contributed by atoms with van der Waals surface area (Å²) < 4.78 is 36.3. The van der Waals surface area contributed by atoms with Gasteiger partial charge in [0.05, 0.1) is 6.04 Å². The van der Waals surface area contributed by atoms with E-state index in [0.29, 0.717) is 0 Å². The van der Waals surface area contributed by atoms with Gasteiger partial charge in [-0.05, 0) is 12.5 Å². The predicted molar refractivity (Wildman–Crippen MR) is 51.7 cm³/mol. The fraction of sp³-hybridized carbons (Fsp3) is 0.889. The third-order valence-corrected chi connectivity index (χ3v) is 1.35. The Labute approximate surface area is 104 Å². The molecule has 0 aromatic carbocycles. The van der Waals surface area contributed by atoms with Crippen LogP contribution in [-0.2, 0) is 21.7 Å². The summed E-state index contributed by atoms with van der Waals surface area (Å²) in [7, 11) is 0. The largest absolute Gasteiger partial charge is 0.464 e. The molecule has 1 atom stereocenters. The van der Waals surface area contributed by atoms with Crippen molar-refractivity contribution in [1.82, 2.24) is 0 Å². The molecule has 0 bridgehead atoms. The zero-order valence-electron chi connectivity index (χ0n) is 9.61. The van der Waals surface area contributed by atoms with Gasteiger partial charge in [-0.15, -0.1) is 0 Å². The molecular formula is C9H16F3N2Ti-. The van der Waals surface area contributed by atoms with Crippen molar-refractivity contribution in [2.24, 2.45) is 4.99 Å². The third-order valence-electron chi connectivity index (χ3n) is 1.35. The van der Waals surface area contributed by atoms with Crippen LogP contribution in [0.15, 0.2) is 4.99 Å². The van der Waals surface area contributed by atoms with Gasteiger partial charge in [0, 0.05) is 21.7 Å². The fourth-order valence-corrected chi connectivity index (χ4v) is 0.868. The molecule has 0 rings (SSSR count). The Hall–Kier alpha value is -0.0257. The molecular weight excluding hydrogens is 241 g/mol. The molecule has 0 aromatic rings. The summed E-state index contributed by atoms with van der Waals surface area (Å²) in [5, 5.41) is 3.46. The Balaban J connectivity index is 0. The molecule has 0 spiro atoms. The van der Waals surface area contributed by atoms with Gasteiger partial charge in [0.2, 0.25) is 0 Å². The van der Waals surface area contributed by atoms with Gasteiger partial charge in [0.1, 0.15) is 0 Å². The summed E-state index contributed by atoms with van der Waals surface area (Å²) in [6, 6.07) is -1.69. The number of rotatable bonds is 1. The Morgan fingerprint density at radius 1 is 1.20 bits per heavy atom. The molecule has 0 aliphatic rings. The van der Waals surface area contributed by atoms with E-state index < -0.39 is 12.2 Å². The van der Waals surface area contributed by atoms with Crippen molar-refractivity contribution in [2.45, 2.75) is 52.4 Å². The van der Waals surface area contributed by atoms with Crippen LogP contribution in [0.3, 0.4) is 0 Å². The average molecular weight is 257 g/mol. The number of hydrogen-bond acceptors (Lipinski definition) is 1. The van der Waals surface area contributed by atoms with Crippen molar-refractivity contribution in [1.29, 1.82) is 0 Å². The van der Waals surface area contributed by atoms with E-state index in [9.17, 15) is 13.2 Å². The van der Waals surface area contributed by atoms with Crippen LogP contribution in [0.5, 0.6) is 0 Å². The molecule has 6 heteroatoms. The normalized spacial score (nSPS) is 15.6. The topological polar surface area (TPSA) is 26.5 Å². The molecule has 0 amide bonds. The van der Waals surface area contributed by atoms with Gasteiger partial charge in [-0.2, -0.15) is 13.2 Å². The third kappa shape index (κ3) is 8.94. The van der Waals surface area contributed by atoms with E-state index in [1.54, 1.807) is 0 Å². The molecule has 0 aliphatic heterocycles. The predicted octanol–water partition coefficient (Wildman–Crippen LogP) is 3.53. The van der Waals surface area contributed by atoms with Crippen LogP contribution >= 0.6 is 0 Å². The second-order valence-corrected chi connectivity index (χ2v) is 4.18. The Kier molecular flexibility index (Phi) is 6.83. The Morgan fingerprint density at radius 3 is 1.87 bits per heavy atom. The van der Waals surface area contributed by atoms with Crippen LogP contribution < -0.4 is 0 Å². The van der Waals surface area contributed by atoms with Crippen LogP contribution in [0, 0.1) is 0 Å². The average Bonchev–Trinajstić information content (AvgIpc) is 1.79. The Morgan fingerprint density at radius 2 is 1.60 bits per heavy atom. The SMILES string of the molecule is CC(=NC(C)(C)C)[N-]C(C)C(F)(F)F.[Ti]. The van der Waals surface area contributed by atoms with Crippen molar-refractivity contribution in [3.63, 3.8) is 0 Å². The number of aliphatic imine (C=N–C) groups is 1.